The Morgan fingerprint density at radius 2 is 1.95 bits per heavy atom. The maximum Gasteiger partial charge on any atom is 0.139 e. The molecular weight excluding hydrogens is 318 g/mol. The number of rotatable bonds is 1. The molecule has 3 heterocycles. The molecule has 0 aromatic carbocycles. The highest BCUT2D eigenvalue weighted by molar-refractivity contribution is 9.10. The van der Waals surface area contributed by atoms with Gasteiger partial charge in [-0.2, -0.15) is 5.10 Å². The minimum Gasteiger partial charge on any atom is -0.381 e. The lowest BCUT2D eigenvalue weighted by atomic mass is 9.83. The van der Waals surface area contributed by atoms with Gasteiger partial charge in [0.1, 0.15) is 5.82 Å². The molecule has 20 heavy (non-hydrogen) atoms. The van der Waals surface area contributed by atoms with Gasteiger partial charge in [-0.25, -0.2) is 4.68 Å². The van der Waals surface area contributed by atoms with Crippen molar-refractivity contribution in [1.29, 1.82) is 0 Å². The number of hydrogen-bond donors (Lipinski definition) is 1. The summed E-state index contributed by atoms with van der Waals surface area (Å²) in [5.41, 5.74) is 1.25. The minimum absolute atomic E-state index is 0.556. The van der Waals surface area contributed by atoms with Crippen molar-refractivity contribution in [3.63, 3.8) is 0 Å². The lowest BCUT2D eigenvalue weighted by molar-refractivity contribution is 0.0840. The van der Waals surface area contributed by atoms with Crippen molar-refractivity contribution < 1.29 is 4.74 Å². The molecule has 2 unspecified atom stereocenters. The molecule has 1 aromatic heterocycles. The number of hydrogen-bond acceptors (Lipinski definition) is 3. The number of halogens is 1. The Morgan fingerprint density at radius 3 is 2.80 bits per heavy atom. The molecule has 1 aromatic rings. The van der Waals surface area contributed by atoms with Crippen LogP contribution < -0.4 is 5.32 Å². The smallest absolute Gasteiger partial charge is 0.139 e. The van der Waals surface area contributed by atoms with Crippen LogP contribution in [-0.2, 0) is 4.74 Å². The van der Waals surface area contributed by atoms with Gasteiger partial charge < -0.3 is 10.1 Å². The fraction of sp³-hybridized carbons (Fsp3) is 0.800. The van der Waals surface area contributed by atoms with Gasteiger partial charge in [0.25, 0.3) is 0 Å². The van der Waals surface area contributed by atoms with Crippen molar-refractivity contribution in [2.24, 2.45) is 5.92 Å². The van der Waals surface area contributed by atoms with E-state index in [-0.39, 0.29) is 0 Å². The van der Waals surface area contributed by atoms with Gasteiger partial charge in [0.2, 0.25) is 0 Å². The maximum atomic E-state index is 5.48. The van der Waals surface area contributed by atoms with Crippen LogP contribution in [0.3, 0.4) is 0 Å². The standard InChI is InChI=1S/C15H22BrN3O/c16-13-14(10-5-7-20-8-6-10)18-19-12-4-2-1-3-11(12)9-17-15(13)19/h10-12,17H,1-9H2. The van der Waals surface area contributed by atoms with E-state index in [0.717, 1.165) is 38.5 Å². The first-order valence-corrected chi connectivity index (χ1v) is 8.73. The molecular formula is C15H22BrN3O. The predicted molar refractivity (Wildman–Crippen MR) is 82.2 cm³/mol. The van der Waals surface area contributed by atoms with E-state index >= 15 is 0 Å². The summed E-state index contributed by atoms with van der Waals surface area (Å²) in [6, 6.07) is 0.616. The van der Waals surface area contributed by atoms with E-state index in [4.69, 9.17) is 9.84 Å². The molecule has 0 radical (unpaired) electrons. The molecule has 4 nitrogen and oxygen atoms in total. The average molecular weight is 340 g/mol. The van der Waals surface area contributed by atoms with Gasteiger partial charge in [-0.05, 0) is 47.5 Å². The monoisotopic (exact) mass is 339 g/mol. The Balaban J connectivity index is 1.68. The van der Waals surface area contributed by atoms with Gasteiger partial charge in [-0.15, -0.1) is 0 Å². The highest BCUT2D eigenvalue weighted by Crippen LogP contribution is 2.44. The van der Waals surface area contributed by atoms with Gasteiger partial charge >= 0.3 is 0 Å². The molecule has 1 saturated carbocycles. The van der Waals surface area contributed by atoms with Gasteiger partial charge in [-0.3, -0.25) is 0 Å². The Hall–Kier alpha value is -0.550. The van der Waals surface area contributed by atoms with E-state index in [1.165, 1.54) is 41.7 Å². The van der Waals surface area contributed by atoms with Crippen LogP contribution in [0, 0.1) is 5.92 Å². The van der Waals surface area contributed by atoms with E-state index in [9.17, 15) is 0 Å². The molecule has 1 N–H and O–H groups in total. The average Bonchev–Trinajstić information content (AvgIpc) is 2.86. The van der Waals surface area contributed by atoms with Crippen LogP contribution in [0.4, 0.5) is 5.82 Å². The van der Waals surface area contributed by atoms with Crippen molar-refractivity contribution in [2.75, 3.05) is 25.1 Å². The number of nitrogens with zero attached hydrogens (tertiary/aromatic N) is 2. The highest BCUT2D eigenvalue weighted by atomic mass is 79.9. The van der Waals surface area contributed by atoms with Gasteiger partial charge in [0, 0.05) is 25.7 Å². The highest BCUT2D eigenvalue weighted by Gasteiger charge is 2.35. The summed E-state index contributed by atoms with van der Waals surface area (Å²) in [5.74, 6) is 2.54. The molecule has 1 aliphatic carbocycles. The predicted octanol–water partition coefficient (Wildman–Crippen LogP) is 3.70. The third-order valence-electron chi connectivity index (χ3n) is 5.20. The van der Waals surface area contributed by atoms with Gasteiger partial charge in [0.15, 0.2) is 0 Å². The zero-order chi connectivity index (χ0) is 13.5. The molecule has 110 valence electrons. The Kier molecular flexibility index (Phi) is 3.50. The largest absolute Gasteiger partial charge is 0.381 e. The van der Waals surface area contributed by atoms with Crippen molar-refractivity contribution in [3.8, 4) is 0 Å². The summed E-state index contributed by atoms with van der Waals surface area (Å²) in [6.07, 6.45) is 7.58. The second kappa shape index (κ2) is 5.34. The SMILES string of the molecule is Brc1c(C2CCOCC2)nn2c1NCC1CCCCC12. The normalized spacial score (nSPS) is 30.4. The third-order valence-corrected chi connectivity index (χ3v) is 5.98. The Bertz CT molecular complexity index is 496. The molecule has 0 spiro atoms. The fourth-order valence-electron chi connectivity index (χ4n) is 4.04. The van der Waals surface area contributed by atoms with Crippen LogP contribution in [0.15, 0.2) is 4.47 Å². The topological polar surface area (TPSA) is 39.1 Å². The van der Waals surface area contributed by atoms with Gasteiger partial charge in [0.05, 0.1) is 16.2 Å². The molecule has 2 aliphatic heterocycles. The Morgan fingerprint density at radius 1 is 1.15 bits per heavy atom. The van der Waals surface area contributed by atoms with Gasteiger partial charge in [-0.1, -0.05) is 12.8 Å². The van der Waals surface area contributed by atoms with E-state index in [1.54, 1.807) is 0 Å². The lowest BCUT2D eigenvalue weighted by Crippen LogP contribution is -2.35. The minimum atomic E-state index is 0.556. The summed E-state index contributed by atoms with van der Waals surface area (Å²) >= 11 is 3.80. The summed E-state index contributed by atoms with van der Waals surface area (Å²) in [4.78, 5) is 0. The van der Waals surface area contributed by atoms with Crippen LogP contribution in [0.5, 0.6) is 0 Å². The van der Waals surface area contributed by atoms with Crippen LogP contribution in [0.1, 0.15) is 56.2 Å². The van der Waals surface area contributed by atoms with E-state index in [2.05, 4.69) is 25.9 Å². The lowest BCUT2D eigenvalue weighted by Gasteiger charge is -2.37. The van der Waals surface area contributed by atoms with Crippen molar-refractivity contribution in [2.45, 2.75) is 50.5 Å². The first-order chi connectivity index (χ1) is 9.84. The molecule has 3 aliphatic rings. The second-order valence-corrected chi connectivity index (χ2v) is 7.16. The number of fused-ring (bicyclic) bond motifs is 3. The third kappa shape index (κ3) is 2.10. The van der Waals surface area contributed by atoms with Crippen molar-refractivity contribution in [1.82, 2.24) is 9.78 Å². The summed E-state index contributed by atoms with van der Waals surface area (Å²) in [5, 5.41) is 8.62. The molecule has 0 bridgehead atoms. The molecule has 2 atom stereocenters. The van der Waals surface area contributed by atoms with E-state index in [0.29, 0.717) is 12.0 Å². The van der Waals surface area contributed by atoms with Crippen LogP contribution in [0.25, 0.3) is 0 Å². The zero-order valence-electron chi connectivity index (χ0n) is 11.8. The molecule has 5 heteroatoms. The second-order valence-electron chi connectivity index (χ2n) is 6.37. The molecule has 1 saturated heterocycles. The first-order valence-electron chi connectivity index (χ1n) is 7.94. The number of anilines is 1. The summed E-state index contributed by atoms with van der Waals surface area (Å²) in [6.45, 7) is 2.86. The van der Waals surface area contributed by atoms with Crippen LogP contribution in [0.2, 0.25) is 0 Å². The van der Waals surface area contributed by atoms with Crippen molar-refractivity contribution in [3.05, 3.63) is 10.2 Å². The summed E-state index contributed by atoms with van der Waals surface area (Å²) < 4.78 is 8.98. The fourth-order valence-corrected chi connectivity index (χ4v) is 4.76. The van der Waals surface area contributed by atoms with Crippen molar-refractivity contribution >= 4 is 21.7 Å². The van der Waals surface area contributed by atoms with E-state index in [1.807, 2.05) is 0 Å². The summed E-state index contributed by atoms with van der Waals surface area (Å²) in [7, 11) is 0. The first kappa shape index (κ1) is 13.1. The Labute approximate surface area is 128 Å². The van der Waals surface area contributed by atoms with E-state index < -0.39 is 0 Å². The maximum absolute atomic E-state index is 5.48. The van der Waals surface area contributed by atoms with Crippen LogP contribution >= 0.6 is 15.9 Å². The number of ether oxygens (including phenoxy) is 1. The quantitative estimate of drug-likeness (QED) is 0.847. The molecule has 2 fully saturated rings. The molecule has 0 amide bonds. The molecule has 4 rings (SSSR count). The number of aromatic nitrogens is 2. The number of nitrogens with one attached hydrogen (secondary N) is 1. The van der Waals surface area contributed by atoms with Crippen LogP contribution in [-0.4, -0.2) is 29.5 Å². The zero-order valence-corrected chi connectivity index (χ0v) is 13.4.